The molecule has 1 aromatic rings. The van der Waals surface area contributed by atoms with E-state index in [1.54, 1.807) is 0 Å². The number of likely N-dealkylation sites (N-methyl/N-ethyl adjacent to an activating group) is 1. The molecule has 94 valence electrons. The topological polar surface area (TPSA) is 15.3 Å². The Balaban J connectivity index is 2.27. The SMILES string of the molecule is CCc1ccc(C2(C)CNCCCN2C)cc1. The Morgan fingerprint density at radius 2 is 2.00 bits per heavy atom. The van der Waals surface area contributed by atoms with Crippen LogP contribution in [0.1, 0.15) is 31.4 Å². The summed E-state index contributed by atoms with van der Waals surface area (Å²) in [6.07, 6.45) is 2.35. The van der Waals surface area contributed by atoms with Gasteiger partial charge in [0.1, 0.15) is 0 Å². The molecule has 1 unspecified atom stereocenters. The van der Waals surface area contributed by atoms with Crippen molar-refractivity contribution >= 4 is 0 Å². The number of nitrogens with one attached hydrogen (secondary N) is 1. The lowest BCUT2D eigenvalue weighted by atomic mass is 9.89. The Morgan fingerprint density at radius 1 is 1.29 bits per heavy atom. The third-order valence-electron chi connectivity index (χ3n) is 4.14. The molecule has 0 aromatic heterocycles. The van der Waals surface area contributed by atoms with E-state index in [2.05, 4.69) is 55.4 Å². The van der Waals surface area contributed by atoms with Gasteiger partial charge in [-0.2, -0.15) is 0 Å². The van der Waals surface area contributed by atoms with Crippen molar-refractivity contribution in [2.75, 3.05) is 26.7 Å². The number of hydrogen-bond acceptors (Lipinski definition) is 2. The van der Waals surface area contributed by atoms with Crippen LogP contribution in [-0.4, -0.2) is 31.6 Å². The largest absolute Gasteiger partial charge is 0.315 e. The lowest BCUT2D eigenvalue weighted by Crippen LogP contribution is -2.46. The van der Waals surface area contributed by atoms with Crippen molar-refractivity contribution in [1.29, 1.82) is 0 Å². The normalized spacial score (nSPS) is 26.8. The van der Waals surface area contributed by atoms with Gasteiger partial charge in [-0.1, -0.05) is 31.2 Å². The van der Waals surface area contributed by atoms with Gasteiger partial charge in [-0.05, 0) is 51.0 Å². The maximum absolute atomic E-state index is 3.55. The van der Waals surface area contributed by atoms with Gasteiger partial charge in [0.2, 0.25) is 0 Å². The molecule has 1 aliphatic rings. The van der Waals surface area contributed by atoms with Crippen molar-refractivity contribution in [1.82, 2.24) is 10.2 Å². The predicted octanol–water partition coefficient (Wildman–Crippen LogP) is 2.39. The van der Waals surface area contributed by atoms with Crippen LogP contribution in [0.25, 0.3) is 0 Å². The molecule has 17 heavy (non-hydrogen) atoms. The minimum atomic E-state index is 0.128. The zero-order valence-electron chi connectivity index (χ0n) is 11.3. The van der Waals surface area contributed by atoms with Crippen LogP contribution >= 0.6 is 0 Å². The molecule has 0 amide bonds. The van der Waals surface area contributed by atoms with Crippen LogP contribution in [0.2, 0.25) is 0 Å². The highest BCUT2D eigenvalue weighted by Crippen LogP contribution is 2.28. The van der Waals surface area contributed by atoms with Gasteiger partial charge in [0.25, 0.3) is 0 Å². The van der Waals surface area contributed by atoms with Gasteiger partial charge in [-0.3, -0.25) is 4.90 Å². The van der Waals surface area contributed by atoms with E-state index in [1.165, 1.54) is 24.1 Å². The molecule has 1 fully saturated rings. The summed E-state index contributed by atoms with van der Waals surface area (Å²) < 4.78 is 0. The summed E-state index contributed by atoms with van der Waals surface area (Å²) in [5.41, 5.74) is 2.97. The Bertz CT molecular complexity index is 358. The quantitative estimate of drug-likeness (QED) is 0.842. The van der Waals surface area contributed by atoms with Crippen molar-refractivity contribution < 1.29 is 0 Å². The molecule has 0 saturated carbocycles. The van der Waals surface area contributed by atoms with Gasteiger partial charge >= 0.3 is 0 Å². The second-order valence-electron chi connectivity index (χ2n) is 5.28. The first-order valence-corrected chi connectivity index (χ1v) is 6.68. The highest BCUT2D eigenvalue weighted by atomic mass is 15.2. The molecule has 2 nitrogen and oxygen atoms in total. The summed E-state index contributed by atoms with van der Waals surface area (Å²) in [7, 11) is 2.24. The molecular formula is C15H24N2. The van der Waals surface area contributed by atoms with Crippen molar-refractivity contribution in [3.63, 3.8) is 0 Å². The number of nitrogens with zero attached hydrogens (tertiary/aromatic N) is 1. The van der Waals surface area contributed by atoms with E-state index < -0.39 is 0 Å². The summed E-state index contributed by atoms with van der Waals surface area (Å²) in [6.45, 7) is 7.88. The third kappa shape index (κ3) is 2.53. The fourth-order valence-electron chi connectivity index (χ4n) is 2.58. The molecule has 1 aromatic carbocycles. The van der Waals surface area contributed by atoms with E-state index in [9.17, 15) is 0 Å². The molecule has 2 heteroatoms. The average molecular weight is 232 g/mol. The Labute approximate surface area is 105 Å². The molecule has 0 radical (unpaired) electrons. The molecular weight excluding hydrogens is 208 g/mol. The van der Waals surface area contributed by atoms with Gasteiger partial charge in [0, 0.05) is 6.54 Å². The van der Waals surface area contributed by atoms with Crippen molar-refractivity contribution in [2.24, 2.45) is 0 Å². The van der Waals surface area contributed by atoms with Gasteiger partial charge in [0.15, 0.2) is 0 Å². The van der Waals surface area contributed by atoms with E-state index in [0.717, 1.165) is 19.5 Å². The fourth-order valence-corrected chi connectivity index (χ4v) is 2.58. The van der Waals surface area contributed by atoms with Crippen LogP contribution in [0.4, 0.5) is 0 Å². The van der Waals surface area contributed by atoms with Crippen molar-refractivity contribution in [2.45, 2.75) is 32.2 Å². The molecule has 1 N–H and O–H groups in total. The first-order chi connectivity index (χ1) is 8.16. The van der Waals surface area contributed by atoms with Crippen LogP contribution in [0, 0.1) is 0 Å². The second-order valence-corrected chi connectivity index (χ2v) is 5.28. The molecule has 1 heterocycles. The highest BCUT2D eigenvalue weighted by molar-refractivity contribution is 5.29. The van der Waals surface area contributed by atoms with E-state index in [0.29, 0.717) is 0 Å². The molecule has 0 aliphatic carbocycles. The van der Waals surface area contributed by atoms with Gasteiger partial charge in [-0.15, -0.1) is 0 Å². The number of benzene rings is 1. The molecule has 0 spiro atoms. The Morgan fingerprint density at radius 3 is 2.65 bits per heavy atom. The number of rotatable bonds is 2. The average Bonchev–Trinajstić information content (AvgIpc) is 2.53. The molecule has 1 aliphatic heterocycles. The van der Waals surface area contributed by atoms with Crippen LogP contribution < -0.4 is 5.32 Å². The fraction of sp³-hybridized carbons (Fsp3) is 0.600. The smallest absolute Gasteiger partial charge is 0.0554 e. The van der Waals surface area contributed by atoms with E-state index in [-0.39, 0.29) is 5.54 Å². The molecule has 0 bridgehead atoms. The van der Waals surface area contributed by atoms with Crippen LogP contribution in [0.5, 0.6) is 0 Å². The minimum Gasteiger partial charge on any atom is -0.315 e. The maximum Gasteiger partial charge on any atom is 0.0554 e. The molecule has 1 saturated heterocycles. The lowest BCUT2D eigenvalue weighted by Gasteiger charge is -2.38. The monoisotopic (exact) mass is 232 g/mol. The van der Waals surface area contributed by atoms with Gasteiger partial charge in [0.05, 0.1) is 5.54 Å². The molecule has 2 rings (SSSR count). The summed E-state index contributed by atoms with van der Waals surface area (Å²) in [5.74, 6) is 0. The first-order valence-electron chi connectivity index (χ1n) is 6.68. The second kappa shape index (κ2) is 5.19. The summed E-state index contributed by atoms with van der Waals surface area (Å²) in [4.78, 5) is 2.48. The zero-order valence-corrected chi connectivity index (χ0v) is 11.3. The van der Waals surface area contributed by atoms with E-state index in [4.69, 9.17) is 0 Å². The predicted molar refractivity (Wildman–Crippen MR) is 73.3 cm³/mol. The van der Waals surface area contributed by atoms with Crippen molar-refractivity contribution in [3.8, 4) is 0 Å². The van der Waals surface area contributed by atoms with Crippen LogP contribution in [0.15, 0.2) is 24.3 Å². The van der Waals surface area contributed by atoms with Gasteiger partial charge in [-0.25, -0.2) is 0 Å². The highest BCUT2D eigenvalue weighted by Gasteiger charge is 2.32. The summed E-state index contributed by atoms with van der Waals surface area (Å²) in [6, 6.07) is 9.11. The maximum atomic E-state index is 3.55. The van der Waals surface area contributed by atoms with E-state index in [1.807, 2.05) is 0 Å². The van der Waals surface area contributed by atoms with Crippen LogP contribution in [0.3, 0.4) is 0 Å². The van der Waals surface area contributed by atoms with Gasteiger partial charge < -0.3 is 5.32 Å². The zero-order chi connectivity index (χ0) is 12.3. The Hall–Kier alpha value is -0.860. The number of hydrogen-bond donors (Lipinski definition) is 1. The summed E-state index contributed by atoms with van der Waals surface area (Å²) >= 11 is 0. The van der Waals surface area contributed by atoms with Crippen LogP contribution in [-0.2, 0) is 12.0 Å². The summed E-state index contributed by atoms with van der Waals surface area (Å²) in [5, 5.41) is 3.55. The minimum absolute atomic E-state index is 0.128. The third-order valence-corrected chi connectivity index (χ3v) is 4.14. The van der Waals surface area contributed by atoms with Crippen molar-refractivity contribution in [3.05, 3.63) is 35.4 Å². The molecule has 1 atom stereocenters. The van der Waals surface area contributed by atoms with E-state index >= 15 is 0 Å². The Kier molecular flexibility index (Phi) is 3.85. The lowest BCUT2D eigenvalue weighted by molar-refractivity contribution is 0.151. The standard InChI is InChI=1S/C15H24N2/c1-4-13-6-8-14(9-7-13)15(2)12-16-10-5-11-17(15)3/h6-9,16H,4-5,10-12H2,1-3H3. The first kappa shape index (κ1) is 12.6. The number of aryl methyl sites for hydroxylation is 1.